The van der Waals surface area contributed by atoms with Gasteiger partial charge in [0, 0.05) is 11.1 Å². The van der Waals surface area contributed by atoms with Gasteiger partial charge in [0.1, 0.15) is 6.54 Å². The normalized spacial score (nSPS) is 11.4. The van der Waals surface area contributed by atoms with Crippen LogP contribution in [0.2, 0.25) is 0 Å². The van der Waals surface area contributed by atoms with Gasteiger partial charge in [-0.3, -0.25) is 4.68 Å². The predicted octanol–water partition coefficient (Wildman–Crippen LogP) is 1.88. The van der Waals surface area contributed by atoms with E-state index in [0.717, 1.165) is 0 Å². The number of alkyl halides is 2. The van der Waals surface area contributed by atoms with Crippen LogP contribution in [0.4, 0.5) is 14.5 Å². The standard InChI is InChI=1S/C9H9F2N3/c10-9(11)5-14-8-3-1-2-7(12)6(8)4-13-14/h1-4,9H,5,12H2. The first-order chi connectivity index (χ1) is 6.68. The highest BCUT2D eigenvalue weighted by Crippen LogP contribution is 2.20. The molecule has 0 atom stereocenters. The van der Waals surface area contributed by atoms with Gasteiger partial charge in [0.05, 0.1) is 11.7 Å². The third-order valence-corrected chi connectivity index (χ3v) is 2.03. The summed E-state index contributed by atoms with van der Waals surface area (Å²) < 4.78 is 25.5. The Morgan fingerprint density at radius 3 is 2.93 bits per heavy atom. The van der Waals surface area contributed by atoms with Crippen LogP contribution in [0.1, 0.15) is 0 Å². The molecule has 2 rings (SSSR count). The van der Waals surface area contributed by atoms with Crippen molar-refractivity contribution in [1.29, 1.82) is 0 Å². The lowest BCUT2D eigenvalue weighted by Gasteiger charge is -2.02. The number of aromatic nitrogens is 2. The Labute approximate surface area is 79.1 Å². The monoisotopic (exact) mass is 197 g/mol. The van der Waals surface area contributed by atoms with Crippen molar-refractivity contribution >= 4 is 16.6 Å². The van der Waals surface area contributed by atoms with Crippen molar-refractivity contribution in [3.63, 3.8) is 0 Å². The van der Waals surface area contributed by atoms with E-state index in [0.29, 0.717) is 16.6 Å². The molecule has 1 aromatic carbocycles. The second-order valence-electron chi connectivity index (χ2n) is 3.00. The molecular weight excluding hydrogens is 188 g/mol. The topological polar surface area (TPSA) is 43.8 Å². The molecule has 14 heavy (non-hydrogen) atoms. The van der Waals surface area contributed by atoms with Crippen molar-refractivity contribution in [1.82, 2.24) is 9.78 Å². The van der Waals surface area contributed by atoms with Crippen LogP contribution in [0, 0.1) is 0 Å². The van der Waals surface area contributed by atoms with Crippen molar-refractivity contribution < 1.29 is 8.78 Å². The molecule has 0 amide bonds. The van der Waals surface area contributed by atoms with Gasteiger partial charge in [-0.05, 0) is 12.1 Å². The number of halogens is 2. The number of anilines is 1. The molecule has 0 aliphatic heterocycles. The maximum atomic E-state index is 12.1. The summed E-state index contributed by atoms with van der Waals surface area (Å²) in [5.41, 5.74) is 6.86. The Morgan fingerprint density at radius 1 is 1.43 bits per heavy atom. The Kier molecular flexibility index (Phi) is 2.07. The zero-order chi connectivity index (χ0) is 10.1. The summed E-state index contributed by atoms with van der Waals surface area (Å²) in [6.07, 6.45) is -0.896. The average molecular weight is 197 g/mol. The molecule has 0 saturated heterocycles. The van der Waals surface area contributed by atoms with E-state index in [-0.39, 0.29) is 0 Å². The van der Waals surface area contributed by atoms with Gasteiger partial charge in [0.15, 0.2) is 0 Å². The van der Waals surface area contributed by atoms with E-state index < -0.39 is 13.0 Å². The lowest BCUT2D eigenvalue weighted by Crippen LogP contribution is -2.07. The van der Waals surface area contributed by atoms with Crippen LogP contribution in [0.5, 0.6) is 0 Å². The van der Waals surface area contributed by atoms with E-state index in [2.05, 4.69) is 5.10 Å². The predicted molar refractivity (Wildman–Crippen MR) is 50.1 cm³/mol. The lowest BCUT2D eigenvalue weighted by molar-refractivity contribution is 0.123. The molecule has 3 nitrogen and oxygen atoms in total. The highest BCUT2D eigenvalue weighted by molar-refractivity contribution is 5.90. The molecule has 0 radical (unpaired) electrons. The molecule has 74 valence electrons. The average Bonchev–Trinajstić information content (AvgIpc) is 2.49. The van der Waals surface area contributed by atoms with E-state index in [9.17, 15) is 8.78 Å². The van der Waals surface area contributed by atoms with E-state index in [1.165, 1.54) is 10.9 Å². The molecule has 1 aromatic heterocycles. The third-order valence-electron chi connectivity index (χ3n) is 2.03. The number of hydrogen-bond acceptors (Lipinski definition) is 2. The van der Waals surface area contributed by atoms with Crippen molar-refractivity contribution in [3.05, 3.63) is 24.4 Å². The molecule has 2 N–H and O–H groups in total. The quantitative estimate of drug-likeness (QED) is 0.747. The Morgan fingerprint density at radius 2 is 2.21 bits per heavy atom. The number of benzene rings is 1. The van der Waals surface area contributed by atoms with Gasteiger partial charge in [0.2, 0.25) is 0 Å². The van der Waals surface area contributed by atoms with Crippen LogP contribution in [0.3, 0.4) is 0 Å². The van der Waals surface area contributed by atoms with Gasteiger partial charge in [-0.15, -0.1) is 0 Å². The summed E-state index contributed by atoms with van der Waals surface area (Å²) in [6.45, 7) is -0.396. The van der Waals surface area contributed by atoms with Gasteiger partial charge in [-0.1, -0.05) is 6.07 Å². The van der Waals surface area contributed by atoms with Crippen LogP contribution in [0.15, 0.2) is 24.4 Å². The first-order valence-electron chi connectivity index (χ1n) is 4.16. The first kappa shape index (κ1) is 8.93. The molecular formula is C9H9F2N3. The van der Waals surface area contributed by atoms with E-state index in [4.69, 9.17) is 5.73 Å². The molecule has 5 heteroatoms. The minimum absolute atomic E-state index is 0.396. The second kappa shape index (κ2) is 3.25. The largest absolute Gasteiger partial charge is 0.398 e. The first-order valence-corrected chi connectivity index (χ1v) is 4.16. The van der Waals surface area contributed by atoms with Crippen LogP contribution >= 0.6 is 0 Å². The number of hydrogen-bond donors (Lipinski definition) is 1. The second-order valence-corrected chi connectivity index (χ2v) is 3.00. The van der Waals surface area contributed by atoms with E-state index >= 15 is 0 Å². The summed E-state index contributed by atoms with van der Waals surface area (Å²) in [6, 6.07) is 5.17. The molecule has 0 unspecified atom stereocenters. The van der Waals surface area contributed by atoms with Gasteiger partial charge in [-0.2, -0.15) is 5.10 Å². The number of nitrogens with two attached hydrogens (primary N) is 1. The van der Waals surface area contributed by atoms with E-state index in [1.807, 2.05) is 0 Å². The highest BCUT2D eigenvalue weighted by Gasteiger charge is 2.09. The minimum Gasteiger partial charge on any atom is -0.398 e. The van der Waals surface area contributed by atoms with Crippen LogP contribution in [0.25, 0.3) is 10.9 Å². The highest BCUT2D eigenvalue weighted by atomic mass is 19.3. The molecule has 1 heterocycles. The molecule has 0 aliphatic rings. The molecule has 0 bridgehead atoms. The summed E-state index contributed by atoms with van der Waals surface area (Å²) in [5.74, 6) is 0. The Balaban J connectivity index is 2.52. The van der Waals surface area contributed by atoms with Gasteiger partial charge < -0.3 is 5.73 Å². The van der Waals surface area contributed by atoms with Gasteiger partial charge >= 0.3 is 0 Å². The summed E-state index contributed by atoms with van der Waals surface area (Å²) >= 11 is 0. The number of nitrogens with zero attached hydrogens (tertiary/aromatic N) is 2. The smallest absolute Gasteiger partial charge is 0.257 e. The van der Waals surface area contributed by atoms with Crippen LogP contribution < -0.4 is 5.73 Å². The zero-order valence-corrected chi connectivity index (χ0v) is 7.32. The van der Waals surface area contributed by atoms with Crippen molar-refractivity contribution in [2.45, 2.75) is 13.0 Å². The Hall–Kier alpha value is -1.65. The van der Waals surface area contributed by atoms with Gasteiger partial charge in [0.25, 0.3) is 6.43 Å². The van der Waals surface area contributed by atoms with E-state index in [1.54, 1.807) is 18.2 Å². The third kappa shape index (κ3) is 1.41. The van der Waals surface area contributed by atoms with Crippen LogP contribution in [-0.4, -0.2) is 16.2 Å². The SMILES string of the molecule is Nc1cccc2c1cnn2CC(F)F. The maximum Gasteiger partial charge on any atom is 0.257 e. The minimum atomic E-state index is -2.40. The Bertz CT molecular complexity index is 450. The number of fused-ring (bicyclic) bond motifs is 1. The number of nitrogen functional groups attached to an aromatic ring is 1. The molecule has 0 saturated carbocycles. The molecule has 0 aliphatic carbocycles. The fourth-order valence-corrected chi connectivity index (χ4v) is 1.40. The fourth-order valence-electron chi connectivity index (χ4n) is 1.40. The number of rotatable bonds is 2. The van der Waals surface area contributed by atoms with Crippen molar-refractivity contribution in [2.75, 3.05) is 5.73 Å². The lowest BCUT2D eigenvalue weighted by atomic mass is 10.2. The van der Waals surface area contributed by atoms with Crippen molar-refractivity contribution in [2.24, 2.45) is 0 Å². The molecule has 0 fully saturated rings. The zero-order valence-electron chi connectivity index (χ0n) is 7.32. The maximum absolute atomic E-state index is 12.1. The van der Waals surface area contributed by atoms with Crippen LogP contribution in [-0.2, 0) is 6.54 Å². The summed E-state index contributed by atoms with van der Waals surface area (Å²) in [5, 5.41) is 4.57. The molecule has 0 spiro atoms. The fraction of sp³-hybridized carbons (Fsp3) is 0.222. The summed E-state index contributed by atoms with van der Waals surface area (Å²) in [7, 11) is 0. The molecule has 2 aromatic rings. The van der Waals surface area contributed by atoms with Gasteiger partial charge in [-0.25, -0.2) is 8.78 Å². The van der Waals surface area contributed by atoms with Crippen molar-refractivity contribution in [3.8, 4) is 0 Å². The summed E-state index contributed by atoms with van der Waals surface area (Å²) in [4.78, 5) is 0.